The highest BCUT2D eigenvalue weighted by Crippen LogP contribution is 2.14. The summed E-state index contributed by atoms with van der Waals surface area (Å²) >= 11 is 0. The van der Waals surface area contributed by atoms with E-state index in [2.05, 4.69) is 4.72 Å². The quantitative estimate of drug-likeness (QED) is 0.804. The number of hydrogen-bond donors (Lipinski definition) is 2. The molecule has 0 spiro atoms. The van der Waals surface area contributed by atoms with Crippen LogP contribution in [0.4, 0.5) is 0 Å². The van der Waals surface area contributed by atoms with E-state index >= 15 is 0 Å². The summed E-state index contributed by atoms with van der Waals surface area (Å²) in [6, 6.07) is 6.59. The summed E-state index contributed by atoms with van der Waals surface area (Å²) in [6.07, 6.45) is 1.30. The van der Waals surface area contributed by atoms with Crippen molar-refractivity contribution in [2.45, 2.75) is 44.6 Å². The number of benzene rings is 1. The van der Waals surface area contributed by atoms with Crippen LogP contribution in [0.5, 0.6) is 0 Å². The Morgan fingerprint density at radius 2 is 1.79 bits per heavy atom. The van der Waals surface area contributed by atoms with E-state index in [1.54, 1.807) is 24.3 Å². The van der Waals surface area contributed by atoms with Crippen LogP contribution in [0.3, 0.4) is 0 Å². The molecular weight excluding hydrogens is 262 g/mol. The maximum Gasteiger partial charge on any atom is 0.240 e. The van der Waals surface area contributed by atoms with Gasteiger partial charge in [0.05, 0.1) is 4.90 Å². The fourth-order valence-corrected chi connectivity index (χ4v) is 3.39. The van der Waals surface area contributed by atoms with Crippen molar-refractivity contribution in [2.75, 3.05) is 6.61 Å². The Kier molecular flexibility index (Phi) is 5.97. The molecule has 19 heavy (non-hydrogen) atoms. The minimum atomic E-state index is -3.46. The molecule has 1 aromatic rings. The molecule has 1 rings (SSSR count). The Morgan fingerprint density at radius 1 is 1.21 bits per heavy atom. The Bertz CT molecular complexity index is 480. The molecule has 0 saturated heterocycles. The van der Waals surface area contributed by atoms with Crippen LogP contribution in [0.15, 0.2) is 29.2 Å². The van der Waals surface area contributed by atoms with Gasteiger partial charge in [0, 0.05) is 12.6 Å². The molecule has 0 radical (unpaired) electrons. The molecule has 1 atom stereocenters. The van der Waals surface area contributed by atoms with Gasteiger partial charge < -0.3 is 5.11 Å². The van der Waals surface area contributed by atoms with E-state index in [1.165, 1.54) is 0 Å². The molecule has 0 bridgehead atoms. The van der Waals surface area contributed by atoms with Crippen LogP contribution in [0.25, 0.3) is 0 Å². The van der Waals surface area contributed by atoms with Gasteiger partial charge in [-0.2, -0.15) is 0 Å². The summed E-state index contributed by atoms with van der Waals surface area (Å²) in [6.45, 7) is 6.04. The smallest absolute Gasteiger partial charge is 0.240 e. The van der Waals surface area contributed by atoms with Gasteiger partial charge in [0.25, 0.3) is 0 Å². The zero-order chi connectivity index (χ0) is 14.5. The number of aliphatic hydroxyl groups excluding tert-OH is 1. The molecule has 0 saturated carbocycles. The van der Waals surface area contributed by atoms with Crippen LogP contribution in [0, 0.1) is 5.92 Å². The zero-order valence-corrected chi connectivity index (χ0v) is 12.6. The first-order valence-electron chi connectivity index (χ1n) is 6.62. The van der Waals surface area contributed by atoms with E-state index in [-0.39, 0.29) is 23.5 Å². The number of hydrogen-bond acceptors (Lipinski definition) is 3. The lowest BCUT2D eigenvalue weighted by Gasteiger charge is -2.20. The molecule has 0 aliphatic heterocycles. The Labute approximate surface area is 115 Å². The number of sulfonamides is 1. The van der Waals surface area contributed by atoms with Crippen molar-refractivity contribution in [3.8, 4) is 0 Å². The van der Waals surface area contributed by atoms with Crippen molar-refractivity contribution >= 4 is 10.0 Å². The molecule has 1 unspecified atom stereocenters. The molecule has 0 amide bonds. The van der Waals surface area contributed by atoms with Crippen molar-refractivity contribution in [2.24, 2.45) is 5.92 Å². The molecule has 0 aliphatic carbocycles. The lowest BCUT2D eigenvalue weighted by molar-refractivity contribution is 0.299. The maximum atomic E-state index is 12.2. The average molecular weight is 285 g/mol. The van der Waals surface area contributed by atoms with E-state index in [9.17, 15) is 8.42 Å². The SMILES string of the molecule is CCC(NS(=O)(=O)c1ccc(CCO)cc1)C(C)C. The monoisotopic (exact) mass is 285 g/mol. The molecule has 2 N–H and O–H groups in total. The predicted molar refractivity (Wildman–Crippen MR) is 76.5 cm³/mol. The number of aliphatic hydroxyl groups is 1. The second kappa shape index (κ2) is 7.03. The second-order valence-corrected chi connectivity index (χ2v) is 6.71. The first kappa shape index (κ1) is 16.1. The fraction of sp³-hybridized carbons (Fsp3) is 0.571. The predicted octanol–water partition coefficient (Wildman–Crippen LogP) is 1.93. The minimum Gasteiger partial charge on any atom is -0.396 e. The summed E-state index contributed by atoms with van der Waals surface area (Å²) in [5.41, 5.74) is 0.928. The summed E-state index contributed by atoms with van der Waals surface area (Å²) in [5.74, 6) is 0.258. The zero-order valence-electron chi connectivity index (χ0n) is 11.8. The van der Waals surface area contributed by atoms with E-state index in [4.69, 9.17) is 5.11 Å². The highest BCUT2D eigenvalue weighted by molar-refractivity contribution is 7.89. The van der Waals surface area contributed by atoms with E-state index in [1.807, 2.05) is 20.8 Å². The van der Waals surface area contributed by atoms with Gasteiger partial charge in [-0.25, -0.2) is 13.1 Å². The molecule has 0 heterocycles. The summed E-state index contributed by atoms with van der Waals surface area (Å²) < 4.78 is 27.2. The minimum absolute atomic E-state index is 0.0536. The van der Waals surface area contributed by atoms with Crippen molar-refractivity contribution in [1.82, 2.24) is 4.72 Å². The molecule has 0 fully saturated rings. The van der Waals surface area contributed by atoms with Crippen molar-refractivity contribution in [1.29, 1.82) is 0 Å². The summed E-state index contributed by atoms with van der Waals surface area (Å²) in [4.78, 5) is 0.272. The van der Waals surface area contributed by atoms with Crippen LogP contribution in [0.2, 0.25) is 0 Å². The Balaban J connectivity index is 2.87. The molecule has 0 aromatic heterocycles. The van der Waals surface area contributed by atoms with Crippen LogP contribution < -0.4 is 4.72 Å². The third-order valence-corrected chi connectivity index (χ3v) is 4.69. The Hall–Kier alpha value is -0.910. The van der Waals surface area contributed by atoms with Crippen LogP contribution >= 0.6 is 0 Å². The van der Waals surface area contributed by atoms with E-state index in [0.29, 0.717) is 6.42 Å². The number of nitrogens with one attached hydrogen (secondary N) is 1. The second-order valence-electron chi connectivity index (χ2n) is 5.00. The van der Waals surface area contributed by atoms with Gasteiger partial charge in [0.2, 0.25) is 10.0 Å². The van der Waals surface area contributed by atoms with Gasteiger partial charge >= 0.3 is 0 Å². The average Bonchev–Trinajstić information content (AvgIpc) is 2.37. The Morgan fingerprint density at radius 3 is 2.21 bits per heavy atom. The maximum absolute atomic E-state index is 12.2. The topological polar surface area (TPSA) is 66.4 Å². The van der Waals surface area contributed by atoms with Crippen LogP contribution in [-0.4, -0.2) is 26.2 Å². The largest absolute Gasteiger partial charge is 0.396 e. The lowest BCUT2D eigenvalue weighted by atomic mass is 10.0. The van der Waals surface area contributed by atoms with E-state index in [0.717, 1.165) is 12.0 Å². The summed E-state index contributed by atoms with van der Waals surface area (Å²) in [7, 11) is -3.46. The van der Waals surface area contributed by atoms with Crippen LogP contribution in [-0.2, 0) is 16.4 Å². The van der Waals surface area contributed by atoms with Crippen molar-refractivity contribution < 1.29 is 13.5 Å². The van der Waals surface area contributed by atoms with Gasteiger partial charge in [-0.3, -0.25) is 0 Å². The molecular formula is C14H23NO3S. The molecule has 1 aromatic carbocycles. The molecule has 5 heteroatoms. The van der Waals surface area contributed by atoms with Crippen molar-refractivity contribution in [3.63, 3.8) is 0 Å². The fourth-order valence-electron chi connectivity index (χ4n) is 1.92. The highest BCUT2D eigenvalue weighted by Gasteiger charge is 2.20. The number of rotatable bonds is 7. The van der Waals surface area contributed by atoms with Crippen LogP contribution in [0.1, 0.15) is 32.8 Å². The van der Waals surface area contributed by atoms with Gasteiger partial charge in [-0.05, 0) is 36.5 Å². The third-order valence-electron chi connectivity index (χ3n) is 3.19. The lowest BCUT2D eigenvalue weighted by Crippen LogP contribution is -2.37. The molecule has 108 valence electrons. The van der Waals surface area contributed by atoms with Gasteiger partial charge in [0.1, 0.15) is 0 Å². The first-order valence-corrected chi connectivity index (χ1v) is 8.11. The van der Waals surface area contributed by atoms with Crippen molar-refractivity contribution in [3.05, 3.63) is 29.8 Å². The van der Waals surface area contributed by atoms with Gasteiger partial charge in [-0.1, -0.05) is 32.9 Å². The summed E-state index contributed by atoms with van der Waals surface area (Å²) in [5, 5.41) is 8.83. The highest BCUT2D eigenvalue weighted by atomic mass is 32.2. The molecule has 4 nitrogen and oxygen atoms in total. The van der Waals surface area contributed by atoms with Gasteiger partial charge in [-0.15, -0.1) is 0 Å². The van der Waals surface area contributed by atoms with E-state index < -0.39 is 10.0 Å². The third kappa shape index (κ3) is 4.60. The van der Waals surface area contributed by atoms with Gasteiger partial charge in [0.15, 0.2) is 0 Å². The normalized spacial score (nSPS) is 13.7. The first-order chi connectivity index (χ1) is 8.90. The molecule has 0 aliphatic rings. The standard InChI is InChI=1S/C14H23NO3S/c1-4-14(11(2)3)15-19(17,18)13-7-5-12(6-8-13)9-10-16/h5-8,11,14-16H,4,9-10H2,1-3H3.